The standard InChI is InChI=1S/C11H12BrN/c12-8-1-2-9-7(5-8)6-11(3-4-11)10(9)13/h1-2,5,10H,3-4,6,13H2. The average Bonchev–Trinajstić information content (AvgIpc) is 2.79. The van der Waals surface area contributed by atoms with Crippen LogP contribution in [0.3, 0.4) is 0 Å². The number of halogens is 1. The van der Waals surface area contributed by atoms with Crippen LogP contribution in [-0.2, 0) is 6.42 Å². The molecule has 0 amide bonds. The molecule has 1 aromatic carbocycles. The van der Waals surface area contributed by atoms with E-state index in [0.29, 0.717) is 11.5 Å². The molecule has 1 unspecified atom stereocenters. The molecule has 1 fully saturated rings. The highest BCUT2D eigenvalue weighted by molar-refractivity contribution is 9.10. The van der Waals surface area contributed by atoms with Gasteiger partial charge in [-0.05, 0) is 47.9 Å². The fourth-order valence-electron chi connectivity index (χ4n) is 2.50. The zero-order chi connectivity index (χ0) is 9.05. The summed E-state index contributed by atoms with van der Waals surface area (Å²) in [5, 5.41) is 0. The van der Waals surface area contributed by atoms with Gasteiger partial charge in [0.2, 0.25) is 0 Å². The predicted octanol–water partition coefficient (Wildman–Crippen LogP) is 2.79. The summed E-state index contributed by atoms with van der Waals surface area (Å²) in [7, 11) is 0. The Morgan fingerprint density at radius 2 is 2.15 bits per heavy atom. The number of hydrogen-bond donors (Lipinski definition) is 1. The summed E-state index contributed by atoms with van der Waals surface area (Å²) in [6.07, 6.45) is 3.84. The van der Waals surface area contributed by atoms with Gasteiger partial charge in [-0.3, -0.25) is 0 Å². The van der Waals surface area contributed by atoms with Crippen molar-refractivity contribution in [2.75, 3.05) is 0 Å². The van der Waals surface area contributed by atoms with Crippen molar-refractivity contribution in [3.63, 3.8) is 0 Å². The number of benzene rings is 1. The molecule has 0 bridgehead atoms. The normalized spacial score (nSPS) is 27.7. The first-order valence-electron chi connectivity index (χ1n) is 4.75. The van der Waals surface area contributed by atoms with Gasteiger partial charge < -0.3 is 5.73 Å². The summed E-state index contributed by atoms with van der Waals surface area (Å²) in [5.41, 5.74) is 9.52. The molecule has 0 saturated heterocycles. The van der Waals surface area contributed by atoms with Crippen molar-refractivity contribution in [1.29, 1.82) is 0 Å². The van der Waals surface area contributed by atoms with Crippen molar-refractivity contribution in [3.05, 3.63) is 33.8 Å². The zero-order valence-electron chi connectivity index (χ0n) is 7.39. The third kappa shape index (κ3) is 1.02. The van der Waals surface area contributed by atoms with Crippen LogP contribution in [0.15, 0.2) is 22.7 Å². The van der Waals surface area contributed by atoms with E-state index in [4.69, 9.17) is 5.73 Å². The van der Waals surface area contributed by atoms with Gasteiger partial charge in [0.05, 0.1) is 0 Å². The lowest BCUT2D eigenvalue weighted by atomic mass is 9.99. The maximum atomic E-state index is 6.22. The van der Waals surface area contributed by atoms with Gasteiger partial charge in [0.15, 0.2) is 0 Å². The fraction of sp³-hybridized carbons (Fsp3) is 0.455. The van der Waals surface area contributed by atoms with E-state index in [0.717, 1.165) is 0 Å². The molecule has 2 aliphatic rings. The van der Waals surface area contributed by atoms with Crippen LogP contribution < -0.4 is 5.73 Å². The number of hydrogen-bond acceptors (Lipinski definition) is 1. The molecular formula is C11H12BrN. The van der Waals surface area contributed by atoms with Gasteiger partial charge >= 0.3 is 0 Å². The minimum Gasteiger partial charge on any atom is -0.323 e. The van der Waals surface area contributed by atoms with Crippen LogP contribution in [0.1, 0.15) is 30.0 Å². The van der Waals surface area contributed by atoms with E-state index in [1.54, 1.807) is 0 Å². The molecule has 1 aromatic rings. The van der Waals surface area contributed by atoms with E-state index in [2.05, 4.69) is 34.1 Å². The van der Waals surface area contributed by atoms with E-state index in [1.165, 1.54) is 34.9 Å². The Morgan fingerprint density at radius 3 is 2.85 bits per heavy atom. The van der Waals surface area contributed by atoms with Crippen molar-refractivity contribution in [1.82, 2.24) is 0 Å². The van der Waals surface area contributed by atoms with Crippen molar-refractivity contribution >= 4 is 15.9 Å². The zero-order valence-corrected chi connectivity index (χ0v) is 8.97. The Bertz CT molecular complexity index is 368. The minimum atomic E-state index is 0.301. The van der Waals surface area contributed by atoms with E-state index in [9.17, 15) is 0 Å². The van der Waals surface area contributed by atoms with Crippen LogP contribution in [0.5, 0.6) is 0 Å². The molecule has 1 saturated carbocycles. The highest BCUT2D eigenvalue weighted by atomic mass is 79.9. The maximum Gasteiger partial charge on any atom is 0.0358 e. The third-order valence-corrected chi connectivity index (χ3v) is 4.03. The van der Waals surface area contributed by atoms with Crippen LogP contribution in [0.2, 0.25) is 0 Å². The van der Waals surface area contributed by atoms with Crippen molar-refractivity contribution in [3.8, 4) is 0 Å². The molecule has 1 nitrogen and oxygen atoms in total. The van der Waals surface area contributed by atoms with Crippen LogP contribution in [0.25, 0.3) is 0 Å². The lowest BCUT2D eigenvalue weighted by Crippen LogP contribution is -2.17. The van der Waals surface area contributed by atoms with Gasteiger partial charge in [-0.15, -0.1) is 0 Å². The van der Waals surface area contributed by atoms with Crippen molar-refractivity contribution in [2.24, 2.45) is 11.1 Å². The Labute approximate surface area is 86.5 Å². The lowest BCUT2D eigenvalue weighted by Gasteiger charge is -2.12. The Hall–Kier alpha value is -0.340. The largest absolute Gasteiger partial charge is 0.323 e. The highest BCUT2D eigenvalue weighted by Gasteiger charge is 2.52. The van der Waals surface area contributed by atoms with Gasteiger partial charge in [0, 0.05) is 10.5 Å². The van der Waals surface area contributed by atoms with E-state index in [-0.39, 0.29) is 0 Å². The van der Waals surface area contributed by atoms with Gasteiger partial charge in [-0.1, -0.05) is 22.0 Å². The lowest BCUT2D eigenvalue weighted by molar-refractivity contribution is 0.446. The molecule has 2 N–H and O–H groups in total. The second-order valence-corrected chi connectivity index (χ2v) is 5.28. The summed E-state index contributed by atoms with van der Waals surface area (Å²) in [5.74, 6) is 0. The summed E-state index contributed by atoms with van der Waals surface area (Å²) in [6, 6.07) is 6.80. The molecule has 1 atom stereocenters. The second kappa shape index (κ2) is 2.37. The molecular weight excluding hydrogens is 226 g/mol. The summed E-state index contributed by atoms with van der Waals surface area (Å²) in [6.45, 7) is 0. The van der Waals surface area contributed by atoms with Crippen molar-refractivity contribution in [2.45, 2.75) is 25.3 Å². The SMILES string of the molecule is NC1c2ccc(Br)cc2CC12CC2. The van der Waals surface area contributed by atoms with Crippen LogP contribution in [0, 0.1) is 5.41 Å². The Balaban J connectivity index is 2.12. The van der Waals surface area contributed by atoms with Crippen molar-refractivity contribution < 1.29 is 0 Å². The monoisotopic (exact) mass is 237 g/mol. The first-order valence-corrected chi connectivity index (χ1v) is 5.54. The molecule has 2 aliphatic carbocycles. The molecule has 0 heterocycles. The topological polar surface area (TPSA) is 26.0 Å². The van der Waals surface area contributed by atoms with Crippen LogP contribution in [0.4, 0.5) is 0 Å². The predicted molar refractivity (Wildman–Crippen MR) is 56.4 cm³/mol. The van der Waals surface area contributed by atoms with E-state index >= 15 is 0 Å². The molecule has 68 valence electrons. The summed E-state index contributed by atoms with van der Waals surface area (Å²) in [4.78, 5) is 0. The summed E-state index contributed by atoms with van der Waals surface area (Å²) < 4.78 is 1.18. The molecule has 0 radical (unpaired) electrons. The Morgan fingerprint density at radius 1 is 1.38 bits per heavy atom. The highest BCUT2D eigenvalue weighted by Crippen LogP contribution is 2.60. The van der Waals surface area contributed by atoms with Crippen LogP contribution in [-0.4, -0.2) is 0 Å². The third-order valence-electron chi connectivity index (χ3n) is 3.53. The molecule has 0 aromatic heterocycles. The van der Waals surface area contributed by atoms with Gasteiger partial charge in [-0.2, -0.15) is 0 Å². The smallest absolute Gasteiger partial charge is 0.0358 e. The number of nitrogens with two attached hydrogens (primary N) is 1. The van der Waals surface area contributed by atoms with Gasteiger partial charge in [-0.25, -0.2) is 0 Å². The Kier molecular flexibility index (Phi) is 1.46. The maximum absolute atomic E-state index is 6.22. The minimum absolute atomic E-state index is 0.301. The average molecular weight is 238 g/mol. The van der Waals surface area contributed by atoms with E-state index in [1.807, 2.05) is 0 Å². The molecule has 0 aliphatic heterocycles. The molecule has 3 rings (SSSR count). The first-order chi connectivity index (χ1) is 6.21. The molecule has 2 heteroatoms. The molecule has 13 heavy (non-hydrogen) atoms. The summed E-state index contributed by atoms with van der Waals surface area (Å²) >= 11 is 3.50. The van der Waals surface area contributed by atoms with Crippen LogP contribution >= 0.6 is 15.9 Å². The van der Waals surface area contributed by atoms with Gasteiger partial charge in [0.1, 0.15) is 0 Å². The quantitative estimate of drug-likeness (QED) is 0.738. The second-order valence-electron chi connectivity index (χ2n) is 4.36. The number of rotatable bonds is 0. The fourth-order valence-corrected chi connectivity index (χ4v) is 2.91. The first kappa shape index (κ1) is 8.01. The van der Waals surface area contributed by atoms with Gasteiger partial charge in [0.25, 0.3) is 0 Å². The van der Waals surface area contributed by atoms with E-state index < -0.39 is 0 Å². The number of fused-ring (bicyclic) bond motifs is 1. The molecule has 1 spiro atoms.